The molecule has 12 nitrogen and oxygen atoms in total. The Hall–Kier alpha value is -3.64. The van der Waals surface area contributed by atoms with E-state index in [0.29, 0.717) is 24.9 Å². The predicted molar refractivity (Wildman–Crippen MR) is 121 cm³/mol. The van der Waals surface area contributed by atoms with Crippen molar-refractivity contribution >= 4 is 23.9 Å². The largest absolute Gasteiger partial charge is 0.504 e. The number of ether oxygens (including phenoxy) is 4. The van der Waals surface area contributed by atoms with Crippen LogP contribution in [0.1, 0.15) is 37.8 Å². The number of aliphatic hydroxyl groups is 1. The lowest BCUT2D eigenvalue weighted by atomic mass is 9.50. The number of phenolic OH excluding ortho intramolecular Hbond substituents is 1. The topological polar surface area (TPSA) is 169 Å². The summed E-state index contributed by atoms with van der Waals surface area (Å²) in [6, 6.07) is 3.05. The summed E-state index contributed by atoms with van der Waals surface area (Å²) in [7, 11) is 1.93. The number of hydrogen-bond acceptors (Lipinski definition) is 11. The van der Waals surface area contributed by atoms with Crippen LogP contribution in [-0.4, -0.2) is 87.6 Å². The van der Waals surface area contributed by atoms with E-state index < -0.39 is 53.2 Å². The highest BCUT2D eigenvalue weighted by atomic mass is 16.6. The van der Waals surface area contributed by atoms with Crippen molar-refractivity contribution in [3.63, 3.8) is 0 Å². The number of phenols is 1. The molecule has 1 aromatic rings. The summed E-state index contributed by atoms with van der Waals surface area (Å²) in [6.45, 7) is 2.52. The second kappa shape index (κ2) is 8.45. The fourth-order valence-electron chi connectivity index (χ4n) is 6.44. The van der Waals surface area contributed by atoms with Crippen LogP contribution in [0.15, 0.2) is 24.0 Å². The van der Waals surface area contributed by atoms with E-state index in [-0.39, 0.29) is 29.7 Å². The monoisotopic (exact) mass is 517 g/mol. The highest BCUT2D eigenvalue weighted by Gasteiger charge is 2.72. The van der Waals surface area contributed by atoms with Crippen LogP contribution >= 0.6 is 0 Å². The fraction of sp³-hybridized carbons (Fsp3) is 0.520. The summed E-state index contributed by atoms with van der Waals surface area (Å²) in [6.07, 6.45) is -2.72. The van der Waals surface area contributed by atoms with Crippen LogP contribution in [0.2, 0.25) is 0 Å². The van der Waals surface area contributed by atoms with E-state index in [1.54, 1.807) is 6.07 Å². The SMILES string of the molecule is CC(=O)OC(C(=O)O)C(OC(C)=O)C(=O)OC1=CC[C@@]2(O)[C@H]3Cc4ccc(O)c5c4[C@@]2(CCN3C)[C@H]1O5. The summed E-state index contributed by atoms with van der Waals surface area (Å²) >= 11 is 0. The molecule has 2 aliphatic carbocycles. The van der Waals surface area contributed by atoms with E-state index in [9.17, 15) is 34.5 Å². The lowest BCUT2D eigenvalue weighted by molar-refractivity contribution is -0.190. The van der Waals surface area contributed by atoms with Crippen molar-refractivity contribution in [1.82, 2.24) is 4.90 Å². The molecule has 2 unspecified atom stereocenters. The fourth-order valence-corrected chi connectivity index (χ4v) is 6.44. The van der Waals surface area contributed by atoms with Crippen LogP contribution < -0.4 is 4.74 Å². The molecular weight excluding hydrogens is 490 g/mol. The molecule has 0 radical (unpaired) electrons. The Labute approximate surface area is 211 Å². The molecule has 2 heterocycles. The molecule has 1 fully saturated rings. The van der Waals surface area contributed by atoms with Gasteiger partial charge in [0.15, 0.2) is 17.6 Å². The molecule has 2 bridgehead atoms. The standard InChI is InChI=1S/C25H27NO11/c1-11(27)34-19(22(30)31)20(35-12(2)28)23(32)36-15-6-7-25(33)16-10-13-4-5-14(29)18-17(13)24(25,21(15)37-18)8-9-26(16)3/h4-6,16,19-21,29,33H,7-10H2,1-3H3,(H,30,31)/t16-,19?,20?,21+,24+,25-/m1/s1. The summed E-state index contributed by atoms with van der Waals surface area (Å²) in [4.78, 5) is 50.1. The lowest BCUT2D eigenvalue weighted by Crippen LogP contribution is -2.74. The number of benzene rings is 1. The van der Waals surface area contributed by atoms with Crippen molar-refractivity contribution in [3.8, 4) is 11.5 Å². The van der Waals surface area contributed by atoms with Crippen LogP contribution in [-0.2, 0) is 45.2 Å². The molecule has 0 aromatic heterocycles. The maximum atomic E-state index is 13.2. The van der Waals surface area contributed by atoms with Gasteiger partial charge in [0.25, 0.3) is 0 Å². The van der Waals surface area contributed by atoms with Crippen molar-refractivity contribution in [2.24, 2.45) is 0 Å². The number of carboxylic acid groups (broad SMARTS) is 1. The average Bonchev–Trinajstić information content (AvgIpc) is 3.17. The summed E-state index contributed by atoms with van der Waals surface area (Å²) in [5.41, 5.74) is -0.771. The van der Waals surface area contributed by atoms with Gasteiger partial charge >= 0.3 is 23.9 Å². The first-order chi connectivity index (χ1) is 17.4. The predicted octanol–water partition coefficient (Wildman–Crippen LogP) is 0.161. The number of likely N-dealkylation sites (tertiary alicyclic amines) is 1. The van der Waals surface area contributed by atoms with E-state index >= 15 is 0 Å². The second-order valence-electron chi connectivity index (χ2n) is 9.92. The molecule has 12 heteroatoms. The van der Waals surface area contributed by atoms with Crippen molar-refractivity contribution in [2.75, 3.05) is 13.6 Å². The summed E-state index contributed by atoms with van der Waals surface area (Å²) < 4.78 is 21.4. The molecule has 3 N–H and O–H groups in total. The van der Waals surface area contributed by atoms with Gasteiger partial charge in [0.05, 0.1) is 11.0 Å². The Morgan fingerprint density at radius 2 is 1.81 bits per heavy atom. The van der Waals surface area contributed by atoms with Gasteiger partial charge in [0, 0.05) is 31.9 Å². The third-order valence-corrected chi connectivity index (χ3v) is 7.91. The maximum Gasteiger partial charge on any atom is 0.357 e. The smallest absolute Gasteiger partial charge is 0.357 e. The number of carbonyl (C=O) groups is 4. The number of hydrogen-bond donors (Lipinski definition) is 3. The minimum Gasteiger partial charge on any atom is -0.504 e. The highest BCUT2D eigenvalue weighted by molar-refractivity contribution is 5.88. The Kier molecular flexibility index (Phi) is 5.72. The zero-order valence-electron chi connectivity index (χ0n) is 20.4. The molecular formula is C25H27NO11. The molecule has 2 aliphatic heterocycles. The highest BCUT2D eigenvalue weighted by Crippen LogP contribution is 2.65. The van der Waals surface area contributed by atoms with E-state index in [1.165, 1.54) is 12.1 Å². The van der Waals surface area contributed by atoms with Gasteiger partial charge in [-0.25, -0.2) is 9.59 Å². The molecule has 37 heavy (non-hydrogen) atoms. The number of rotatable bonds is 6. The summed E-state index contributed by atoms with van der Waals surface area (Å²) in [5.74, 6) is -4.94. The van der Waals surface area contributed by atoms with E-state index in [0.717, 1.165) is 19.4 Å². The van der Waals surface area contributed by atoms with Gasteiger partial charge in [0.1, 0.15) is 5.76 Å². The quantitative estimate of drug-likeness (QED) is 0.346. The number of carbonyl (C=O) groups excluding carboxylic acids is 3. The Bertz CT molecular complexity index is 1240. The van der Waals surface area contributed by atoms with Crippen molar-refractivity contribution in [1.29, 1.82) is 0 Å². The minimum absolute atomic E-state index is 0.0226. The first kappa shape index (κ1) is 25.0. The van der Waals surface area contributed by atoms with Crippen molar-refractivity contribution in [3.05, 3.63) is 35.1 Å². The van der Waals surface area contributed by atoms with Crippen molar-refractivity contribution in [2.45, 2.75) is 68.5 Å². The Morgan fingerprint density at radius 1 is 1.14 bits per heavy atom. The van der Waals surface area contributed by atoms with E-state index in [4.69, 9.17) is 18.9 Å². The maximum absolute atomic E-state index is 13.2. The number of aliphatic carboxylic acids is 1. The zero-order chi connectivity index (χ0) is 26.9. The molecule has 5 rings (SSSR count). The molecule has 4 aliphatic rings. The number of likely N-dealkylation sites (N-methyl/N-ethyl adjacent to an activating group) is 1. The lowest BCUT2D eigenvalue weighted by Gasteiger charge is -2.61. The van der Waals surface area contributed by atoms with Crippen LogP contribution in [0.3, 0.4) is 0 Å². The van der Waals surface area contributed by atoms with Gasteiger partial charge in [0.2, 0.25) is 12.2 Å². The molecule has 198 valence electrons. The van der Waals surface area contributed by atoms with Gasteiger partial charge in [-0.05, 0) is 44.1 Å². The van der Waals surface area contributed by atoms with Crippen LogP contribution in [0.25, 0.3) is 0 Å². The van der Waals surface area contributed by atoms with Crippen LogP contribution in [0, 0.1) is 0 Å². The first-order valence-electron chi connectivity index (χ1n) is 11.8. The van der Waals surface area contributed by atoms with E-state index in [2.05, 4.69) is 4.90 Å². The second-order valence-corrected chi connectivity index (χ2v) is 9.92. The number of carboxylic acids is 1. The minimum atomic E-state index is -2.15. The van der Waals surface area contributed by atoms with Crippen molar-refractivity contribution < 1.29 is 53.4 Å². The normalized spacial score (nSPS) is 30.6. The third-order valence-electron chi connectivity index (χ3n) is 7.91. The van der Waals surface area contributed by atoms with Gasteiger partial charge in [-0.3, -0.25) is 9.59 Å². The molecule has 6 atom stereocenters. The number of piperidine rings is 1. The van der Waals surface area contributed by atoms with Crippen LogP contribution in [0.4, 0.5) is 0 Å². The molecule has 0 saturated carbocycles. The van der Waals surface area contributed by atoms with Gasteiger partial charge in [-0.1, -0.05) is 6.07 Å². The van der Waals surface area contributed by atoms with Gasteiger partial charge < -0.3 is 39.2 Å². The average molecular weight is 517 g/mol. The Morgan fingerprint density at radius 3 is 2.46 bits per heavy atom. The number of nitrogens with zero attached hydrogens (tertiary/aromatic N) is 1. The van der Waals surface area contributed by atoms with E-state index in [1.807, 2.05) is 7.05 Å². The number of aromatic hydroxyl groups is 1. The summed E-state index contributed by atoms with van der Waals surface area (Å²) in [5, 5.41) is 32.2. The molecule has 1 aromatic carbocycles. The molecule has 1 spiro atoms. The van der Waals surface area contributed by atoms with Gasteiger partial charge in [-0.2, -0.15) is 0 Å². The van der Waals surface area contributed by atoms with Gasteiger partial charge in [-0.15, -0.1) is 0 Å². The molecule has 1 saturated heterocycles. The first-order valence-corrected chi connectivity index (χ1v) is 11.8. The molecule has 0 amide bonds. The number of esters is 3. The van der Waals surface area contributed by atoms with Crippen LogP contribution in [0.5, 0.6) is 11.5 Å². The zero-order valence-corrected chi connectivity index (χ0v) is 20.4. The Balaban J connectivity index is 1.55. The third kappa shape index (κ3) is 3.50.